The molecular formula is C13H12N4S. The third-order valence-corrected chi connectivity index (χ3v) is 3.38. The van der Waals surface area contributed by atoms with Crippen LogP contribution in [0, 0.1) is 0 Å². The molecule has 0 bridgehead atoms. The van der Waals surface area contributed by atoms with E-state index in [1.807, 2.05) is 42.5 Å². The van der Waals surface area contributed by atoms with Crippen LogP contribution in [0.25, 0.3) is 16.9 Å². The van der Waals surface area contributed by atoms with Crippen molar-refractivity contribution in [2.45, 2.75) is 12.1 Å². The zero-order chi connectivity index (χ0) is 12.4. The summed E-state index contributed by atoms with van der Waals surface area (Å²) in [6, 6.07) is 14.0. The molecule has 0 aliphatic carbocycles. The van der Waals surface area contributed by atoms with E-state index in [0.29, 0.717) is 0 Å². The Bertz CT molecular complexity index is 663. The first-order valence-electron chi connectivity index (χ1n) is 5.79. The number of hydrogen-bond acceptors (Lipinski definition) is 4. The summed E-state index contributed by atoms with van der Waals surface area (Å²) in [5.74, 6) is 0.956. The van der Waals surface area contributed by atoms with Crippen LogP contribution in [0.15, 0.2) is 47.6 Å². The minimum atomic E-state index is 0.783. The van der Waals surface area contributed by atoms with Gasteiger partial charge in [0, 0.05) is 5.56 Å². The summed E-state index contributed by atoms with van der Waals surface area (Å²) in [7, 11) is 0. The molecule has 4 nitrogen and oxygen atoms in total. The summed E-state index contributed by atoms with van der Waals surface area (Å²) in [5.41, 5.74) is 2.81. The van der Waals surface area contributed by atoms with Gasteiger partial charge in [-0.05, 0) is 17.9 Å². The molecule has 90 valence electrons. The van der Waals surface area contributed by atoms with Crippen molar-refractivity contribution in [1.82, 2.24) is 19.8 Å². The second-order valence-corrected chi connectivity index (χ2v) is 5.00. The van der Waals surface area contributed by atoms with Gasteiger partial charge in [-0.3, -0.25) is 0 Å². The first-order chi connectivity index (χ1) is 8.88. The molecule has 0 unspecified atom stereocenters. The molecule has 0 spiro atoms. The molecule has 3 rings (SSSR count). The van der Waals surface area contributed by atoms with Gasteiger partial charge in [0.1, 0.15) is 0 Å². The van der Waals surface area contributed by atoms with Crippen molar-refractivity contribution in [1.29, 1.82) is 0 Å². The zero-order valence-electron chi connectivity index (χ0n) is 9.95. The third kappa shape index (κ3) is 1.97. The number of hydrogen-bond donors (Lipinski definition) is 0. The van der Waals surface area contributed by atoms with Gasteiger partial charge in [-0.2, -0.15) is 9.61 Å². The zero-order valence-corrected chi connectivity index (χ0v) is 10.8. The predicted octanol–water partition coefficient (Wildman–Crippen LogP) is 2.90. The summed E-state index contributed by atoms with van der Waals surface area (Å²) < 4.78 is 1.80. The lowest BCUT2D eigenvalue weighted by Gasteiger charge is -2.02. The summed E-state index contributed by atoms with van der Waals surface area (Å²) in [6.07, 6.45) is 0. The summed E-state index contributed by atoms with van der Waals surface area (Å²) in [5, 5.41) is 13.7. The molecule has 0 atom stereocenters. The van der Waals surface area contributed by atoms with E-state index >= 15 is 0 Å². The van der Waals surface area contributed by atoms with Crippen LogP contribution in [0.3, 0.4) is 0 Å². The molecule has 0 fully saturated rings. The fourth-order valence-corrected chi connectivity index (χ4v) is 2.36. The molecule has 1 aromatic carbocycles. The summed E-state index contributed by atoms with van der Waals surface area (Å²) in [6.45, 7) is 2.09. The Morgan fingerprint density at radius 1 is 1.06 bits per heavy atom. The SMILES string of the molecule is CCSc1nnc2ccc(-c3ccccc3)nn12. The second kappa shape index (κ2) is 4.78. The van der Waals surface area contributed by atoms with Crippen molar-refractivity contribution < 1.29 is 0 Å². The first-order valence-corrected chi connectivity index (χ1v) is 6.77. The molecule has 0 amide bonds. The van der Waals surface area contributed by atoms with E-state index in [9.17, 15) is 0 Å². The lowest BCUT2D eigenvalue weighted by Crippen LogP contribution is -1.96. The van der Waals surface area contributed by atoms with E-state index < -0.39 is 0 Å². The average molecular weight is 256 g/mol. The Hall–Kier alpha value is -1.88. The second-order valence-electron chi connectivity index (χ2n) is 3.77. The summed E-state index contributed by atoms with van der Waals surface area (Å²) in [4.78, 5) is 0. The summed E-state index contributed by atoms with van der Waals surface area (Å²) >= 11 is 1.64. The van der Waals surface area contributed by atoms with E-state index in [1.165, 1.54) is 0 Å². The third-order valence-electron chi connectivity index (χ3n) is 2.58. The lowest BCUT2D eigenvalue weighted by molar-refractivity contribution is 0.813. The van der Waals surface area contributed by atoms with Crippen LogP contribution in [0.1, 0.15) is 6.92 Å². The predicted molar refractivity (Wildman–Crippen MR) is 72.6 cm³/mol. The van der Waals surface area contributed by atoms with Gasteiger partial charge in [0.25, 0.3) is 0 Å². The molecule has 0 aliphatic heterocycles. The van der Waals surface area contributed by atoms with Crippen LogP contribution >= 0.6 is 11.8 Å². The highest BCUT2D eigenvalue weighted by atomic mass is 32.2. The maximum absolute atomic E-state index is 4.59. The quantitative estimate of drug-likeness (QED) is 0.676. The Balaban J connectivity index is 2.12. The molecule has 3 aromatic rings. The molecule has 0 radical (unpaired) electrons. The number of fused-ring (bicyclic) bond motifs is 1. The minimum absolute atomic E-state index is 0.783. The number of rotatable bonds is 3. The van der Waals surface area contributed by atoms with E-state index in [4.69, 9.17) is 0 Å². The highest BCUT2D eigenvalue weighted by molar-refractivity contribution is 7.99. The van der Waals surface area contributed by atoms with Crippen molar-refractivity contribution in [2.24, 2.45) is 0 Å². The molecule has 2 aromatic heterocycles. The number of thioether (sulfide) groups is 1. The Kier molecular flexibility index (Phi) is 2.98. The Morgan fingerprint density at radius 2 is 1.89 bits per heavy atom. The average Bonchev–Trinajstić information content (AvgIpc) is 2.83. The first kappa shape index (κ1) is 11.2. The highest BCUT2D eigenvalue weighted by Crippen LogP contribution is 2.19. The largest absolute Gasteiger partial charge is 0.212 e. The highest BCUT2D eigenvalue weighted by Gasteiger charge is 2.07. The van der Waals surface area contributed by atoms with Gasteiger partial charge in [0.05, 0.1) is 5.69 Å². The standard InChI is InChI=1S/C13H12N4S/c1-2-18-13-15-14-12-9-8-11(16-17(12)13)10-6-4-3-5-7-10/h3-9H,2H2,1H3. The topological polar surface area (TPSA) is 43.1 Å². The van der Waals surface area contributed by atoms with Gasteiger partial charge in [0.2, 0.25) is 5.16 Å². The van der Waals surface area contributed by atoms with Crippen molar-refractivity contribution in [3.63, 3.8) is 0 Å². The van der Waals surface area contributed by atoms with E-state index in [1.54, 1.807) is 16.3 Å². The molecule has 2 heterocycles. The molecular weight excluding hydrogens is 244 g/mol. The molecule has 5 heteroatoms. The Labute approximate surface area is 109 Å². The van der Waals surface area contributed by atoms with Crippen LogP contribution in [0.5, 0.6) is 0 Å². The fourth-order valence-electron chi connectivity index (χ4n) is 1.75. The van der Waals surface area contributed by atoms with Gasteiger partial charge in [-0.15, -0.1) is 10.2 Å². The maximum atomic E-state index is 4.59. The molecule has 0 N–H and O–H groups in total. The molecule has 18 heavy (non-hydrogen) atoms. The van der Waals surface area contributed by atoms with E-state index in [2.05, 4.69) is 22.2 Å². The minimum Gasteiger partial charge on any atom is -0.187 e. The Morgan fingerprint density at radius 3 is 2.67 bits per heavy atom. The van der Waals surface area contributed by atoms with Crippen molar-refractivity contribution in [3.05, 3.63) is 42.5 Å². The van der Waals surface area contributed by atoms with Crippen LogP contribution in [0.2, 0.25) is 0 Å². The maximum Gasteiger partial charge on any atom is 0.212 e. The van der Waals surface area contributed by atoms with Crippen molar-refractivity contribution in [3.8, 4) is 11.3 Å². The van der Waals surface area contributed by atoms with Crippen LogP contribution in [-0.4, -0.2) is 25.6 Å². The van der Waals surface area contributed by atoms with Gasteiger partial charge in [-0.25, -0.2) is 0 Å². The van der Waals surface area contributed by atoms with Crippen molar-refractivity contribution >= 4 is 17.4 Å². The number of nitrogens with zero attached hydrogens (tertiary/aromatic N) is 4. The molecule has 0 saturated carbocycles. The molecule has 0 saturated heterocycles. The number of benzene rings is 1. The van der Waals surface area contributed by atoms with Crippen LogP contribution < -0.4 is 0 Å². The van der Waals surface area contributed by atoms with E-state index in [-0.39, 0.29) is 0 Å². The van der Waals surface area contributed by atoms with Gasteiger partial charge >= 0.3 is 0 Å². The van der Waals surface area contributed by atoms with Crippen molar-refractivity contribution in [2.75, 3.05) is 5.75 Å². The van der Waals surface area contributed by atoms with Crippen LogP contribution in [-0.2, 0) is 0 Å². The van der Waals surface area contributed by atoms with Crippen LogP contribution in [0.4, 0.5) is 0 Å². The van der Waals surface area contributed by atoms with Gasteiger partial charge in [0.15, 0.2) is 5.65 Å². The smallest absolute Gasteiger partial charge is 0.187 e. The normalized spacial score (nSPS) is 10.9. The van der Waals surface area contributed by atoms with Gasteiger partial charge < -0.3 is 0 Å². The lowest BCUT2D eigenvalue weighted by atomic mass is 10.1. The number of aromatic nitrogens is 4. The van der Waals surface area contributed by atoms with E-state index in [0.717, 1.165) is 27.8 Å². The van der Waals surface area contributed by atoms with Gasteiger partial charge in [-0.1, -0.05) is 49.0 Å². The monoisotopic (exact) mass is 256 g/mol. The molecule has 0 aliphatic rings. The fraction of sp³-hybridized carbons (Fsp3) is 0.154.